The molecule has 3 heteroatoms. The Hall–Kier alpha value is -0.240. The lowest BCUT2D eigenvalue weighted by Crippen LogP contribution is -2.36. The predicted octanol–water partition coefficient (Wildman–Crippen LogP) is 2.70. The average Bonchev–Trinajstić information content (AvgIpc) is 2.65. The van der Waals surface area contributed by atoms with E-state index in [0.29, 0.717) is 12.3 Å². The van der Waals surface area contributed by atoms with E-state index in [2.05, 4.69) is 5.32 Å². The van der Waals surface area contributed by atoms with Crippen molar-refractivity contribution in [2.75, 3.05) is 12.4 Å². The van der Waals surface area contributed by atoms with E-state index in [1.54, 1.807) is 0 Å². The molecule has 0 aromatic heterocycles. The van der Waals surface area contributed by atoms with Gasteiger partial charge in [0.15, 0.2) is 0 Å². The third-order valence-corrected chi connectivity index (χ3v) is 3.65. The fourth-order valence-electron chi connectivity index (χ4n) is 2.08. The molecular formula is C11H20ClNO. The van der Waals surface area contributed by atoms with E-state index >= 15 is 0 Å². The molecule has 1 saturated carbocycles. The standard InChI is InChI=1S/C11H20ClNO/c1-2-5-10(14)13-9-11(8-12)6-3-4-7-11/h2-9H2,1H3,(H,13,14). The van der Waals surface area contributed by atoms with Crippen molar-refractivity contribution in [3.8, 4) is 0 Å². The molecule has 1 fully saturated rings. The highest BCUT2D eigenvalue weighted by Gasteiger charge is 2.33. The molecule has 0 unspecified atom stereocenters. The second kappa shape index (κ2) is 5.59. The Morgan fingerprint density at radius 1 is 1.43 bits per heavy atom. The van der Waals surface area contributed by atoms with Gasteiger partial charge in [-0.05, 0) is 19.3 Å². The van der Waals surface area contributed by atoms with Crippen LogP contribution in [0.4, 0.5) is 0 Å². The Balaban J connectivity index is 2.30. The third kappa shape index (κ3) is 3.16. The van der Waals surface area contributed by atoms with E-state index in [1.165, 1.54) is 25.7 Å². The highest BCUT2D eigenvalue weighted by atomic mass is 35.5. The number of hydrogen-bond donors (Lipinski definition) is 1. The summed E-state index contributed by atoms with van der Waals surface area (Å²) in [5.41, 5.74) is 0.199. The molecule has 1 N–H and O–H groups in total. The fraction of sp³-hybridized carbons (Fsp3) is 0.909. The van der Waals surface area contributed by atoms with Crippen LogP contribution in [-0.4, -0.2) is 18.3 Å². The molecule has 0 radical (unpaired) electrons. The first-order chi connectivity index (χ1) is 6.72. The van der Waals surface area contributed by atoms with Crippen molar-refractivity contribution in [3.05, 3.63) is 0 Å². The number of rotatable bonds is 5. The van der Waals surface area contributed by atoms with Gasteiger partial charge in [0.2, 0.25) is 5.91 Å². The number of alkyl halides is 1. The van der Waals surface area contributed by atoms with Gasteiger partial charge >= 0.3 is 0 Å². The summed E-state index contributed by atoms with van der Waals surface area (Å²) >= 11 is 5.97. The lowest BCUT2D eigenvalue weighted by atomic mass is 9.88. The first kappa shape index (κ1) is 11.8. The summed E-state index contributed by atoms with van der Waals surface area (Å²) in [6, 6.07) is 0. The van der Waals surface area contributed by atoms with Gasteiger partial charge in [0.05, 0.1) is 0 Å². The van der Waals surface area contributed by atoms with Crippen molar-refractivity contribution < 1.29 is 4.79 Å². The lowest BCUT2D eigenvalue weighted by molar-refractivity contribution is -0.121. The Kier molecular flexibility index (Phi) is 4.73. The molecular weight excluding hydrogens is 198 g/mol. The Morgan fingerprint density at radius 3 is 2.57 bits per heavy atom. The maximum absolute atomic E-state index is 11.3. The fourth-order valence-corrected chi connectivity index (χ4v) is 2.45. The molecule has 0 aromatic rings. The minimum absolute atomic E-state index is 0.170. The van der Waals surface area contributed by atoms with E-state index in [0.717, 1.165) is 13.0 Å². The molecule has 1 rings (SSSR count). The molecule has 1 amide bonds. The zero-order chi connectivity index (χ0) is 10.4. The van der Waals surface area contributed by atoms with Gasteiger partial charge in [0, 0.05) is 24.3 Å². The van der Waals surface area contributed by atoms with E-state index in [1.807, 2.05) is 6.92 Å². The minimum atomic E-state index is 0.170. The molecule has 0 bridgehead atoms. The van der Waals surface area contributed by atoms with Crippen LogP contribution in [0, 0.1) is 5.41 Å². The molecule has 0 saturated heterocycles. The van der Waals surface area contributed by atoms with Gasteiger partial charge in [-0.1, -0.05) is 19.8 Å². The van der Waals surface area contributed by atoms with Crippen molar-refractivity contribution in [2.24, 2.45) is 5.41 Å². The van der Waals surface area contributed by atoms with Crippen LogP contribution in [0.3, 0.4) is 0 Å². The first-order valence-corrected chi connectivity index (χ1v) is 6.08. The SMILES string of the molecule is CCCC(=O)NCC1(CCl)CCCC1. The normalized spacial score (nSPS) is 19.6. The third-order valence-electron chi connectivity index (χ3n) is 3.09. The van der Waals surface area contributed by atoms with Gasteiger partial charge in [0.25, 0.3) is 0 Å². The van der Waals surface area contributed by atoms with Crippen LogP contribution in [0.2, 0.25) is 0 Å². The van der Waals surface area contributed by atoms with Gasteiger partial charge in [-0.2, -0.15) is 0 Å². The highest BCUT2D eigenvalue weighted by Crippen LogP contribution is 2.38. The monoisotopic (exact) mass is 217 g/mol. The Morgan fingerprint density at radius 2 is 2.07 bits per heavy atom. The summed E-state index contributed by atoms with van der Waals surface area (Å²) in [4.78, 5) is 11.3. The zero-order valence-electron chi connectivity index (χ0n) is 8.94. The van der Waals surface area contributed by atoms with Crippen LogP contribution in [-0.2, 0) is 4.79 Å². The van der Waals surface area contributed by atoms with E-state index in [-0.39, 0.29) is 11.3 Å². The van der Waals surface area contributed by atoms with E-state index in [4.69, 9.17) is 11.6 Å². The molecule has 0 spiro atoms. The van der Waals surface area contributed by atoms with Gasteiger partial charge in [-0.25, -0.2) is 0 Å². The van der Waals surface area contributed by atoms with Gasteiger partial charge in [-0.15, -0.1) is 11.6 Å². The maximum Gasteiger partial charge on any atom is 0.220 e. The lowest BCUT2D eigenvalue weighted by Gasteiger charge is -2.26. The van der Waals surface area contributed by atoms with Gasteiger partial charge < -0.3 is 5.32 Å². The number of nitrogens with one attached hydrogen (secondary N) is 1. The van der Waals surface area contributed by atoms with Crippen molar-refractivity contribution in [1.82, 2.24) is 5.32 Å². The second-order valence-corrected chi connectivity index (χ2v) is 4.63. The van der Waals surface area contributed by atoms with E-state index in [9.17, 15) is 4.79 Å². The molecule has 0 heterocycles. The van der Waals surface area contributed by atoms with E-state index < -0.39 is 0 Å². The largest absolute Gasteiger partial charge is 0.356 e. The molecule has 82 valence electrons. The topological polar surface area (TPSA) is 29.1 Å². The van der Waals surface area contributed by atoms with Crippen molar-refractivity contribution in [3.63, 3.8) is 0 Å². The molecule has 2 nitrogen and oxygen atoms in total. The Bertz CT molecular complexity index is 188. The van der Waals surface area contributed by atoms with Crippen molar-refractivity contribution >= 4 is 17.5 Å². The summed E-state index contributed by atoms with van der Waals surface area (Å²) < 4.78 is 0. The predicted molar refractivity (Wildman–Crippen MR) is 59.5 cm³/mol. The maximum atomic E-state index is 11.3. The summed E-state index contributed by atoms with van der Waals surface area (Å²) in [7, 11) is 0. The summed E-state index contributed by atoms with van der Waals surface area (Å²) in [6.07, 6.45) is 6.41. The smallest absolute Gasteiger partial charge is 0.220 e. The molecule has 0 aliphatic heterocycles. The molecule has 1 aliphatic rings. The van der Waals surface area contributed by atoms with Crippen molar-refractivity contribution in [1.29, 1.82) is 0 Å². The number of carbonyl (C=O) groups is 1. The summed E-state index contributed by atoms with van der Waals surface area (Å²) in [6.45, 7) is 2.79. The summed E-state index contributed by atoms with van der Waals surface area (Å²) in [5, 5.41) is 2.99. The van der Waals surface area contributed by atoms with Crippen LogP contribution in [0.25, 0.3) is 0 Å². The Labute approximate surface area is 91.4 Å². The van der Waals surface area contributed by atoms with Crippen LogP contribution in [0.1, 0.15) is 45.4 Å². The molecule has 1 aliphatic carbocycles. The number of hydrogen-bond acceptors (Lipinski definition) is 1. The number of halogens is 1. The average molecular weight is 218 g/mol. The number of amides is 1. The first-order valence-electron chi connectivity index (χ1n) is 5.55. The molecule has 14 heavy (non-hydrogen) atoms. The van der Waals surface area contributed by atoms with Crippen LogP contribution in [0.5, 0.6) is 0 Å². The van der Waals surface area contributed by atoms with Gasteiger partial charge in [0.1, 0.15) is 0 Å². The van der Waals surface area contributed by atoms with Crippen LogP contribution >= 0.6 is 11.6 Å². The highest BCUT2D eigenvalue weighted by molar-refractivity contribution is 6.18. The van der Waals surface area contributed by atoms with Crippen LogP contribution < -0.4 is 5.32 Å². The minimum Gasteiger partial charge on any atom is -0.356 e. The second-order valence-electron chi connectivity index (χ2n) is 4.37. The zero-order valence-corrected chi connectivity index (χ0v) is 9.70. The van der Waals surface area contributed by atoms with Gasteiger partial charge in [-0.3, -0.25) is 4.79 Å². The summed E-state index contributed by atoms with van der Waals surface area (Å²) in [5.74, 6) is 0.850. The molecule has 0 aromatic carbocycles. The molecule has 0 atom stereocenters. The van der Waals surface area contributed by atoms with Crippen LogP contribution in [0.15, 0.2) is 0 Å². The quantitative estimate of drug-likeness (QED) is 0.705. The van der Waals surface area contributed by atoms with Crippen molar-refractivity contribution in [2.45, 2.75) is 45.4 Å². The number of carbonyl (C=O) groups excluding carboxylic acids is 1.